The van der Waals surface area contributed by atoms with Crippen molar-refractivity contribution in [2.75, 3.05) is 18.1 Å². The lowest BCUT2D eigenvalue weighted by Crippen LogP contribution is -2.49. The largest absolute Gasteiger partial charge is 0.471 e. The summed E-state index contributed by atoms with van der Waals surface area (Å²) < 4.78 is 43.6. The number of alkyl halides is 3. The van der Waals surface area contributed by atoms with Gasteiger partial charge in [-0.1, -0.05) is 0 Å². The van der Waals surface area contributed by atoms with Gasteiger partial charge in [0, 0.05) is 37.5 Å². The molecule has 2 rings (SSSR count). The summed E-state index contributed by atoms with van der Waals surface area (Å²) in [6.07, 6.45) is -4.63. The highest BCUT2D eigenvalue weighted by Crippen LogP contribution is 2.30. The van der Waals surface area contributed by atoms with Gasteiger partial charge in [-0.05, 0) is 18.9 Å². The number of carbonyl (C=O) groups excluding carboxylic acids is 1. The van der Waals surface area contributed by atoms with E-state index in [0.29, 0.717) is 4.90 Å². The molecule has 9 heteroatoms. The van der Waals surface area contributed by atoms with E-state index in [9.17, 15) is 28.1 Å². The standard InChI is InChI=1S/C13H12F3N2O4/c14-13(15,16)12(19)17(9-4-6-22-7-5-9)10-2-1-3-11(8-10)18(20)21/h1,3,8-9H,4-7H2. The van der Waals surface area contributed by atoms with E-state index in [1.54, 1.807) is 0 Å². The molecule has 0 bridgehead atoms. The van der Waals surface area contributed by atoms with Gasteiger partial charge in [0.15, 0.2) is 0 Å². The van der Waals surface area contributed by atoms with Crippen LogP contribution in [-0.4, -0.2) is 36.3 Å². The first-order valence-electron chi connectivity index (χ1n) is 6.45. The molecule has 0 N–H and O–H groups in total. The SMILES string of the molecule is O=C(N(c1[c]ccc([N+](=O)[O-])c1)C1CCOCC1)C(F)(F)F. The van der Waals surface area contributed by atoms with Gasteiger partial charge in [-0.2, -0.15) is 13.2 Å². The number of nitro groups is 1. The normalized spacial score (nSPS) is 16.3. The highest BCUT2D eigenvalue weighted by Gasteiger charge is 2.45. The number of halogens is 3. The molecule has 1 aromatic carbocycles. The van der Waals surface area contributed by atoms with Gasteiger partial charge < -0.3 is 9.64 Å². The maximum absolute atomic E-state index is 12.8. The number of benzene rings is 1. The van der Waals surface area contributed by atoms with Crippen molar-refractivity contribution in [3.8, 4) is 0 Å². The first kappa shape index (κ1) is 16.2. The molecule has 22 heavy (non-hydrogen) atoms. The van der Waals surface area contributed by atoms with E-state index in [4.69, 9.17) is 4.74 Å². The van der Waals surface area contributed by atoms with Crippen LogP contribution in [0.25, 0.3) is 0 Å². The van der Waals surface area contributed by atoms with Gasteiger partial charge in [0.1, 0.15) is 0 Å². The molecular formula is C13H12F3N2O4. The maximum atomic E-state index is 12.8. The molecule has 0 aromatic heterocycles. The fraction of sp³-hybridized carbons (Fsp3) is 0.462. The third kappa shape index (κ3) is 3.53. The van der Waals surface area contributed by atoms with Crippen molar-refractivity contribution in [1.82, 2.24) is 0 Å². The Labute approximate surface area is 123 Å². The Balaban J connectivity index is 2.41. The Bertz CT molecular complexity index is 571. The Morgan fingerprint density at radius 1 is 1.41 bits per heavy atom. The van der Waals surface area contributed by atoms with E-state index in [0.717, 1.165) is 18.2 Å². The molecule has 0 unspecified atom stereocenters. The smallest absolute Gasteiger partial charge is 0.381 e. The highest BCUT2D eigenvalue weighted by atomic mass is 19.4. The fourth-order valence-electron chi connectivity index (χ4n) is 2.25. The highest BCUT2D eigenvalue weighted by molar-refractivity contribution is 5.98. The Kier molecular flexibility index (Phi) is 4.65. The average Bonchev–Trinajstić information content (AvgIpc) is 2.48. The van der Waals surface area contributed by atoms with Crippen molar-refractivity contribution < 1.29 is 27.6 Å². The number of rotatable bonds is 3. The lowest BCUT2D eigenvalue weighted by molar-refractivity contribution is -0.384. The number of hydrogen-bond donors (Lipinski definition) is 0. The molecule has 1 amide bonds. The summed E-state index contributed by atoms with van der Waals surface area (Å²) in [5.74, 6) is -2.06. The molecular weight excluding hydrogens is 305 g/mol. The summed E-state index contributed by atoms with van der Waals surface area (Å²) >= 11 is 0. The van der Waals surface area contributed by atoms with Crippen LogP contribution in [0.2, 0.25) is 0 Å². The topological polar surface area (TPSA) is 72.7 Å². The second-order valence-electron chi connectivity index (χ2n) is 4.71. The summed E-state index contributed by atoms with van der Waals surface area (Å²) in [7, 11) is 0. The molecule has 0 aliphatic carbocycles. The van der Waals surface area contributed by atoms with Crippen LogP contribution in [0.4, 0.5) is 24.5 Å². The zero-order valence-electron chi connectivity index (χ0n) is 11.3. The van der Waals surface area contributed by atoms with E-state index >= 15 is 0 Å². The van der Waals surface area contributed by atoms with Gasteiger partial charge in [0.05, 0.1) is 10.6 Å². The van der Waals surface area contributed by atoms with Crippen LogP contribution in [0.1, 0.15) is 12.8 Å². The zero-order valence-corrected chi connectivity index (χ0v) is 11.3. The number of amides is 1. The van der Waals surface area contributed by atoms with Crippen LogP contribution in [0, 0.1) is 16.2 Å². The molecule has 1 aliphatic heterocycles. The summed E-state index contributed by atoms with van der Waals surface area (Å²) in [4.78, 5) is 22.3. The molecule has 1 heterocycles. The van der Waals surface area contributed by atoms with Crippen molar-refractivity contribution in [2.24, 2.45) is 0 Å². The lowest BCUT2D eigenvalue weighted by atomic mass is 10.1. The van der Waals surface area contributed by atoms with Gasteiger partial charge >= 0.3 is 12.1 Å². The van der Waals surface area contributed by atoms with E-state index in [2.05, 4.69) is 6.07 Å². The summed E-state index contributed by atoms with van der Waals surface area (Å²) in [5.41, 5.74) is -0.663. The number of carbonyl (C=O) groups is 1. The molecule has 6 nitrogen and oxygen atoms in total. The van der Waals surface area contributed by atoms with Crippen LogP contribution in [0.5, 0.6) is 0 Å². The van der Waals surface area contributed by atoms with E-state index in [-0.39, 0.29) is 31.7 Å². The van der Waals surface area contributed by atoms with Crippen molar-refractivity contribution >= 4 is 17.3 Å². The first-order valence-corrected chi connectivity index (χ1v) is 6.45. The minimum atomic E-state index is -5.07. The predicted molar refractivity (Wildman–Crippen MR) is 69.3 cm³/mol. The summed E-state index contributed by atoms with van der Waals surface area (Å²) in [5, 5.41) is 10.8. The molecule has 1 aromatic rings. The van der Waals surface area contributed by atoms with Crippen LogP contribution in [0.15, 0.2) is 18.2 Å². The molecule has 1 radical (unpaired) electrons. The first-order chi connectivity index (χ1) is 10.3. The van der Waals surface area contributed by atoms with Crippen LogP contribution in [0.3, 0.4) is 0 Å². The molecule has 119 valence electrons. The van der Waals surface area contributed by atoms with E-state index in [1.165, 1.54) is 0 Å². The number of ether oxygens (including phenoxy) is 1. The second-order valence-corrected chi connectivity index (χ2v) is 4.71. The molecule has 0 atom stereocenters. The average molecular weight is 317 g/mol. The zero-order chi connectivity index (χ0) is 16.3. The van der Waals surface area contributed by atoms with Crippen molar-refractivity contribution in [2.45, 2.75) is 25.1 Å². The number of nitro benzene ring substituents is 1. The molecule has 1 fully saturated rings. The monoisotopic (exact) mass is 317 g/mol. The molecule has 0 saturated carbocycles. The minimum absolute atomic E-state index is 0.221. The number of non-ortho nitro benzene ring substituents is 1. The summed E-state index contributed by atoms with van der Waals surface area (Å²) in [6.45, 7) is 0.447. The minimum Gasteiger partial charge on any atom is -0.381 e. The predicted octanol–water partition coefficient (Wildman–Crippen LogP) is 2.47. The van der Waals surface area contributed by atoms with E-state index in [1.807, 2.05) is 0 Å². The van der Waals surface area contributed by atoms with Gasteiger partial charge in [-0.15, -0.1) is 0 Å². The van der Waals surface area contributed by atoms with Crippen LogP contribution >= 0.6 is 0 Å². The van der Waals surface area contributed by atoms with Gasteiger partial charge in [-0.3, -0.25) is 14.9 Å². The molecule has 0 spiro atoms. The van der Waals surface area contributed by atoms with E-state index < -0.39 is 28.7 Å². The van der Waals surface area contributed by atoms with Gasteiger partial charge in [0.2, 0.25) is 0 Å². The van der Waals surface area contributed by atoms with Gasteiger partial charge in [0.25, 0.3) is 5.69 Å². The maximum Gasteiger partial charge on any atom is 0.471 e. The number of hydrogen-bond acceptors (Lipinski definition) is 4. The summed E-state index contributed by atoms with van der Waals surface area (Å²) in [6, 6.07) is 4.88. The Morgan fingerprint density at radius 2 is 2.05 bits per heavy atom. The Morgan fingerprint density at radius 3 is 2.59 bits per heavy atom. The number of anilines is 1. The fourth-order valence-corrected chi connectivity index (χ4v) is 2.25. The van der Waals surface area contributed by atoms with Crippen molar-refractivity contribution in [1.29, 1.82) is 0 Å². The number of nitrogens with zero attached hydrogens (tertiary/aromatic N) is 2. The Hall–Kier alpha value is -2.16. The third-order valence-corrected chi connectivity index (χ3v) is 3.26. The molecule has 1 aliphatic rings. The third-order valence-electron chi connectivity index (χ3n) is 3.26. The van der Waals surface area contributed by atoms with Gasteiger partial charge in [-0.25, -0.2) is 0 Å². The van der Waals surface area contributed by atoms with Crippen molar-refractivity contribution in [3.63, 3.8) is 0 Å². The lowest BCUT2D eigenvalue weighted by Gasteiger charge is -2.34. The van der Waals surface area contributed by atoms with Crippen molar-refractivity contribution in [3.05, 3.63) is 34.4 Å². The molecule has 1 saturated heterocycles. The second kappa shape index (κ2) is 6.30. The van der Waals surface area contributed by atoms with Crippen LogP contribution in [-0.2, 0) is 9.53 Å². The quantitative estimate of drug-likeness (QED) is 0.634. The van der Waals surface area contributed by atoms with Crippen LogP contribution < -0.4 is 4.90 Å².